The minimum atomic E-state index is 0.794. The first kappa shape index (κ1) is 8.27. The van der Waals surface area contributed by atoms with Crippen molar-refractivity contribution in [1.29, 1.82) is 0 Å². The number of oxime groups is 1. The number of nitrogens with zero attached hydrogens (tertiary/aromatic N) is 1. The zero-order chi connectivity index (χ0) is 8.10. The van der Waals surface area contributed by atoms with Crippen LogP contribution >= 0.6 is 11.3 Å². The first-order valence-corrected chi connectivity index (χ1v) is 4.51. The molecule has 3 heteroatoms. The lowest BCUT2D eigenvalue weighted by molar-refractivity contribution is 0.318. The van der Waals surface area contributed by atoms with Crippen LogP contribution in [0.3, 0.4) is 0 Å². The van der Waals surface area contributed by atoms with E-state index >= 15 is 0 Å². The van der Waals surface area contributed by atoms with Gasteiger partial charge in [0, 0.05) is 0 Å². The zero-order valence-electron chi connectivity index (χ0n) is 6.45. The molecule has 0 aliphatic heterocycles. The van der Waals surface area contributed by atoms with E-state index in [1.165, 1.54) is 0 Å². The molecular weight excluding hydrogens is 158 g/mol. The first-order chi connectivity index (χ1) is 5.38. The summed E-state index contributed by atoms with van der Waals surface area (Å²) in [5, 5.41) is 13.9. The van der Waals surface area contributed by atoms with Crippen molar-refractivity contribution < 1.29 is 5.21 Å². The minimum absolute atomic E-state index is 0.794. The van der Waals surface area contributed by atoms with Gasteiger partial charge >= 0.3 is 0 Å². The van der Waals surface area contributed by atoms with Gasteiger partial charge in [-0.2, -0.15) is 0 Å². The zero-order valence-corrected chi connectivity index (χ0v) is 7.27. The lowest BCUT2D eigenvalue weighted by Gasteiger charge is -1.96. The number of rotatable bonds is 3. The second-order valence-corrected chi connectivity index (χ2v) is 3.22. The van der Waals surface area contributed by atoms with Crippen LogP contribution in [0.5, 0.6) is 0 Å². The fourth-order valence-electron chi connectivity index (χ4n) is 0.902. The third-order valence-corrected chi connectivity index (χ3v) is 2.33. The van der Waals surface area contributed by atoms with Crippen molar-refractivity contribution in [1.82, 2.24) is 0 Å². The van der Waals surface area contributed by atoms with Gasteiger partial charge in [0.1, 0.15) is 0 Å². The Hall–Kier alpha value is -0.830. The van der Waals surface area contributed by atoms with Crippen molar-refractivity contribution in [2.45, 2.75) is 19.8 Å². The predicted molar refractivity (Wildman–Crippen MR) is 47.6 cm³/mol. The molecule has 0 aliphatic rings. The van der Waals surface area contributed by atoms with E-state index in [-0.39, 0.29) is 0 Å². The molecule has 1 aromatic rings. The van der Waals surface area contributed by atoms with Crippen molar-refractivity contribution >= 4 is 17.0 Å². The third kappa shape index (κ3) is 2.05. The summed E-state index contributed by atoms with van der Waals surface area (Å²) in [6.45, 7) is 2.07. The van der Waals surface area contributed by atoms with Gasteiger partial charge in [-0.3, -0.25) is 0 Å². The molecular formula is C8H11NOS. The minimum Gasteiger partial charge on any atom is -0.411 e. The number of hydrogen-bond donors (Lipinski definition) is 1. The third-order valence-electron chi connectivity index (χ3n) is 1.41. The SMILES string of the molecule is CCC/C(=N/O)c1cccs1. The largest absolute Gasteiger partial charge is 0.411 e. The van der Waals surface area contributed by atoms with Gasteiger partial charge < -0.3 is 5.21 Å². The van der Waals surface area contributed by atoms with Crippen LogP contribution in [0.25, 0.3) is 0 Å². The standard InChI is InChI=1S/C8H11NOS/c1-2-4-7(9-10)8-5-3-6-11-8/h3,5-6,10H,2,4H2,1H3/b9-7-. The summed E-state index contributed by atoms with van der Waals surface area (Å²) in [4.78, 5) is 1.06. The molecule has 1 N–H and O–H groups in total. The Bertz CT molecular complexity index is 228. The summed E-state index contributed by atoms with van der Waals surface area (Å²) in [5.74, 6) is 0. The van der Waals surface area contributed by atoms with E-state index in [4.69, 9.17) is 5.21 Å². The Morgan fingerprint density at radius 2 is 2.55 bits per heavy atom. The van der Waals surface area contributed by atoms with E-state index in [2.05, 4.69) is 12.1 Å². The highest BCUT2D eigenvalue weighted by Crippen LogP contribution is 2.12. The van der Waals surface area contributed by atoms with Crippen LogP contribution < -0.4 is 0 Å². The Balaban J connectivity index is 2.72. The van der Waals surface area contributed by atoms with Crippen molar-refractivity contribution in [2.75, 3.05) is 0 Å². The smallest absolute Gasteiger partial charge is 0.0967 e. The van der Waals surface area contributed by atoms with Gasteiger partial charge in [0.15, 0.2) is 0 Å². The van der Waals surface area contributed by atoms with E-state index in [1.807, 2.05) is 17.5 Å². The van der Waals surface area contributed by atoms with Gasteiger partial charge in [-0.1, -0.05) is 24.6 Å². The molecule has 0 unspecified atom stereocenters. The molecule has 1 heterocycles. The highest BCUT2D eigenvalue weighted by atomic mass is 32.1. The lowest BCUT2D eigenvalue weighted by Crippen LogP contribution is -1.96. The Morgan fingerprint density at radius 3 is 3.00 bits per heavy atom. The van der Waals surface area contributed by atoms with Crippen LogP contribution in [-0.2, 0) is 0 Å². The molecule has 0 saturated carbocycles. The molecule has 0 aromatic carbocycles. The molecule has 2 nitrogen and oxygen atoms in total. The molecule has 1 rings (SSSR count). The van der Waals surface area contributed by atoms with E-state index < -0.39 is 0 Å². The summed E-state index contributed by atoms with van der Waals surface area (Å²) < 4.78 is 0. The number of hydrogen-bond acceptors (Lipinski definition) is 3. The summed E-state index contributed by atoms with van der Waals surface area (Å²) in [6.07, 6.45) is 1.86. The average Bonchev–Trinajstić information content (AvgIpc) is 2.52. The van der Waals surface area contributed by atoms with Crippen molar-refractivity contribution in [3.05, 3.63) is 22.4 Å². The molecule has 0 spiro atoms. The van der Waals surface area contributed by atoms with Gasteiger partial charge in [-0.15, -0.1) is 11.3 Å². The maximum Gasteiger partial charge on any atom is 0.0967 e. The van der Waals surface area contributed by atoms with E-state index in [0.717, 1.165) is 23.4 Å². The predicted octanol–water partition coefficient (Wildman–Crippen LogP) is 2.73. The molecule has 60 valence electrons. The normalized spacial score (nSPS) is 11.9. The fourth-order valence-corrected chi connectivity index (χ4v) is 1.64. The molecule has 0 radical (unpaired) electrons. The lowest BCUT2D eigenvalue weighted by atomic mass is 10.2. The summed E-state index contributed by atoms with van der Waals surface area (Å²) in [6, 6.07) is 3.93. The summed E-state index contributed by atoms with van der Waals surface area (Å²) >= 11 is 1.60. The van der Waals surface area contributed by atoms with Gasteiger partial charge in [0.2, 0.25) is 0 Å². The van der Waals surface area contributed by atoms with E-state index in [1.54, 1.807) is 11.3 Å². The molecule has 0 atom stereocenters. The molecule has 11 heavy (non-hydrogen) atoms. The summed E-state index contributed by atoms with van der Waals surface area (Å²) in [5.41, 5.74) is 0.794. The van der Waals surface area contributed by atoms with Crippen molar-refractivity contribution in [3.8, 4) is 0 Å². The Morgan fingerprint density at radius 1 is 1.73 bits per heavy atom. The van der Waals surface area contributed by atoms with Crippen LogP contribution in [-0.4, -0.2) is 10.9 Å². The molecule has 0 aliphatic carbocycles. The van der Waals surface area contributed by atoms with Gasteiger partial charge in [-0.05, 0) is 17.9 Å². The molecule has 1 aromatic heterocycles. The maximum absolute atomic E-state index is 8.62. The van der Waals surface area contributed by atoms with Gasteiger partial charge in [0.25, 0.3) is 0 Å². The average molecular weight is 169 g/mol. The quantitative estimate of drug-likeness (QED) is 0.421. The summed E-state index contributed by atoms with van der Waals surface area (Å²) in [7, 11) is 0. The molecule has 0 amide bonds. The second kappa shape index (κ2) is 4.13. The van der Waals surface area contributed by atoms with Crippen LogP contribution in [0.2, 0.25) is 0 Å². The van der Waals surface area contributed by atoms with Gasteiger partial charge in [-0.25, -0.2) is 0 Å². The van der Waals surface area contributed by atoms with Crippen LogP contribution in [0.4, 0.5) is 0 Å². The number of thiophene rings is 1. The maximum atomic E-state index is 8.62. The van der Waals surface area contributed by atoms with Crippen LogP contribution in [0, 0.1) is 0 Å². The highest BCUT2D eigenvalue weighted by molar-refractivity contribution is 7.12. The molecule has 0 fully saturated rings. The van der Waals surface area contributed by atoms with Gasteiger partial charge in [0.05, 0.1) is 10.6 Å². The highest BCUT2D eigenvalue weighted by Gasteiger charge is 2.02. The second-order valence-electron chi connectivity index (χ2n) is 2.27. The van der Waals surface area contributed by atoms with E-state index in [9.17, 15) is 0 Å². The van der Waals surface area contributed by atoms with E-state index in [0.29, 0.717) is 0 Å². The van der Waals surface area contributed by atoms with Crippen molar-refractivity contribution in [3.63, 3.8) is 0 Å². The first-order valence-electron chi connectivity index (χ1n) is 3.63. The fraction of sp³-hybridized carbons (Fsp3) is 0.375. The Kier molecular flexibility index (Phi) is 3.11. The van der Waals surface area contributed by atoms with Crippen molar-refractivity contribution in [2.24, 2.45) is 5.16 Å². The monoisotopic (exact) mass is 169 g/mol. The molecule has 0 saturated heterocycles. The van der Waals surface area contributed by atoms with Crippen LogP contribution in [0.15, 0.2) is 22.7 Å². The topological polar surface area (TPSA) is 32.6 Å². The van der Waals surface area contributed by atoms with Crippen LogP contribution in [0.1, 0.15) is 24.6 Å². The molecule has 0 bridgehead atoms. The Labute approximate surface area is 70.2 Å².